The molecule has 1 aliphatic rings. The van der Waals surface area contributed by atoms with Crippen molar-refractivity contribution in [1.82, 2.24) is 0 Å². The smallest absolute Gasteiger partial charge is 0.280 e. The van der Waals surface area contributed by atoms with Crippen molar-refractivity contribution >= 4 is 17.4 Å². The van der Waals surface area contributed by atoms with E-state index in [1.807, 2.05) is 12.1 Å². The molecule has 1 aliphatic carbocycles. The lowest BCUT2D eigenvalue weighted by atomic mass is 9.85. The van der Waals surface area contributed by atoms with Gasteiger partial charge in [0.2, 0.25) is 0 Å². The summed E-state index contributed by atoms with van der Waals surface area (Å²) >= 11 is 0. The molecule has 0 saturated carbocycles. The quantitative estimate of drug-likeness (QED) is 0.664. The number of aliphatic imine (C=N–C) groups is 1. The number of allylic oxidation sites excluding steroid dienone is 1. The van der Waals surface area contributed by atoms with Crippen LogP contribution in [-0.2, 0) is 6.42 Å². The molecule has 0 unspecified atom stereocenters. The van der Waals surface area contributed by atoms with Crippen molar-refractivity contribution in [3.63, 3.8) is 0 Å². The number of carbonyl (C=O) groups excluding carboxylic acids is 1. The Morgan fingerprint density at radius 1 is 1.16 bits per heavy atom. The average Bonchev–Trinajstić information content (AvgIpc) is 2.60. The van der Waals surface area contributed by atoms with Crippen LogP contribution in [0.25, 0.3) is 5.57 Å². The lowest BCUT2D eigenvalue weighted by Gasteiger charge is -2.19. The Kier molecular flexibility index (Phi) is 4.52. The number of guanidine groups is 1. The van der Waals surface area contributed by atoms with E-state index in [0.717, 1.165) is 29.5 Å². The van der Waals surface area contributed by atoms with Crippen LogP contribution in [-0.4, -0.2) is 19.0 Å². The number of benzene rings is 2. The maximum absolute atomic E-state index is 14.4. The van der Waals surface area contributed by atoms with Crippen molar-refractivity contribution in [2.24, 2.45) is 16.5 Å². The highest BCUT2D eigenvalue weighted by Crippen LogP contribution is 2.35. The molecule has 0 radical (unpaired) electrons. The summed E-state index contributed by atoms with van der Waals surface area (Å²) in [6.07, 6.45) is 3.58. The number of hydrogen-bond donors (Lipinski definition) is 2. The third-order valence-electron chi connectivity index (χ3n) is 4.10. The van der Waals surface area contributed by atoms with Crippen LogP contribution >= 0.6 is 0 Å². The van der Waals surface area contributed by atoms with E-state index in [1.165, 1.54) is 13.2 Å². The van der Waals surface area contributed by atoms with Gasteiger partial charge in [0.15, 0.2) is 5.96 Å². The fourth-order valence-electron chi connectivity index (χ4n) is 2.93. The molecular weight excluding hydrogens is 321 g/mol. The monoisotopic (exact) mass is 339 g/mol. The zero-order chi connectivity index (χ0) is 18.0. The number of halogens is 1. The fourth-order valence-corrected chi connectivity index (χ4v) is 2.93. The van der Waals surface area contributed by atoms with Gasteiger partial charge in [0.05, 0.1) is 7.11 Å². The molecule has 0 spiro atoms. The van der Waals surface area contributed by atoms with Gasteiger partial charge in [0.25, 0.3) is 5.91 Å². The highest BCUT2D eigenvalue weighted by Gasteiger charge is 2.19. The van der Waals surface area contributed by atoms with Gasteiger partial charge in [-0.05, 0) is 59.9 Å². The second-order valence-corrected chi connectivity index (χ2v) is 5.72. The molecule has 0 aliphatic heterocycles. The third kappa shape index (κ3) is 3.38. The minimum Gasteiger partial charge on any atom is -0.497 e. The maximum Gasteiger partial charge on any atom is 0.280 e. The number of ether oxygens (including phenoxy) is 1. The summed E-state index contributed by atoms with van der Waals surface area (Å²) in [6.45, 7) is 0. The number of amides is 1. The first-order valence-corrected chi connectivity index (χ1v) is 7.81. The minimum absolute atomic E-state index is 0.294. The second kappa shape index (κ2) is 6.76. The van der Waals surface area contributed by atoms with E-state index in [9.17, 15) is 9.18 Å². The summed E-state index contributed by atoms with van der Waals surface area (Å²) in [5.41, 5.74) is 13.9. The van der Waals surface area contributed by atoms with Crippen LogP contribution < -0.4 is 16.2 Å². The first kappa shape index (κ1) is 16.7. The van der Waals surface area contributed by atoms with Crippen molar-refractivity contribution in [2.75, 3.05) is 7.11 Å². The molecule has 5 nitrogen and oxygen atoms in total. The van der Waals surface area contributed by atoms with Gasteiger partial charge >= 0.3 is 0 Å². The summed E-state index contributed by atoms with van der Waals surface area (Å²) < 4.78 is 19.6. The SMILES string of the molecule is COc1ccc(F)c(C2=CCCc3ccc(C(=O)N=C(N)N)cc32)c1. The molecule has 0 aromatic heterocycles. The number of hydrogen-bond acceptors (Lipinski definition) is 2. The lowest BCUT2D eigenvalue weighted by molar-refractivity contribution is 0.100. The standard InChI is InChI=1S/C19H18FN3O2/c1-25-13-7-8-17(20)16(10-13)14-4-2-3-11-5-6-12(9-15(11)14)18(24)23-19(21)22/h4-10H,2-3H2,1H3,(H4,21,22,23,24). The molecule has 0 bridgehead atoms. The Bertz CT molecular complexity index is 900. The Morgan fingerprint density at radius 3 is 2.68 bits per heavy atom. The van der Waals surface area contributed by atoms with Crippen LogP contribution in [0.1, 0.15) is 33.5 Å². The van der Waals surface area contributed by atoms with Crippen molar-refractivity contribution in [1.29, 1.82) is 0 Å². The van der Waals surface area contributed by atoms with E-state index in [0.29, 0.717) is 16.9 Å². The molecule has 0 heterocycles. The van der Waals surface area contributed by atoms with E-state index < -0.39 is 5.91 Å². The van der Waals surface area contributed by atoms with Gasteiger partial charge in [-0.15, -0.1) is 0 Å². The van der Waals surface area contributed by atoms with E-state index >= 15 is 0 Å². The predicted molar refractivity (Wildman–Crippen MR) is 94.9 cm³/mol. The van der Waals surface area contributed by atoms with Crippen molar-refractivity contribution < 1.29 is 13.9 Å². The molecule has 3 rings (SSSR count). The molecule has 0 atom stereocenters. The van der Waals surface area contributed by atoms with Gasteiger partial charge in [0.1, 0.15) is 11.6 Å². The van der Waals surface area contributed by atoms with Crippen LogP contribution in [0.2, 0.25) is 0 Å². The molecule has 2 aromatic rings. The number of carbonyl (C=O) groups is 1. The third-order valence-corrected chi connectivity index (χ3v) is 4.10. The first-order chi connectivity index (χ1) is 12.0. The fraction of sp³-hybridized carbons (Fsp3) is 0.158. The molecule has 1 amide bonds. The van der Waals surface area contributed by atoms with Gasteiger partial charge in [-0.1, -0.05) is 12.1 Å². The van der Waals surface area contributed by atoms with E-state index in [2.05, 4.69) is 4.99 Å². The van der Waals surface area contributed by atoms with Crippen molar-refractivity contribution in [2.45, 2.75) is 12.8 Å². The average molecular weight is 339 g/mol. The van der Waals surface area contributed by atoms with Gasteiger partial charge in [-0.2, -0.15) is 4.99 Å². The van der Waals surface area contributed by atoms with Gasteiger partial charge in [-0.3, -0.25) is 4.79 Å². The Hall–Kier alpha value is -3.15. The molecule has 0 saturated heterocycles. The molecule has 128 valence electrons. The Morgan fingerprint density at radius 2 is 1.96 bits per heavy atom. The number of nitrogens with two attached hydrogens (primary N) is 2. The zero-order valence-corrected chi connectivity index (χ0v) is 13.8. The zero-order valence-electron chi connectivity index (χ0n) is 13.8. The van der Waals surface area contributed by atoms with Crippen LogP contribution in [0.4, 0.5) is 4.39 Å². The van der Waals surface area contributed by atoms with Crippen molar-refractivity contribution in [3.8, 4) is 5.75 Å². The van der Waals surface area contributed by atoms with E-state index in [1.54, 1.807) is 24.3 Å². The summed E-state index contributed by atoms with van der Waals surface area (Å²) in [4.78, 5) is 15.6. The molecule has 25 heavy (non-hydrogen) atoms. The number of aryl methyl sites for hydroxylation is 1. The largest absolute Gasteiger partial charge is 0.497 e. The van der Waals surface area contributed by atoms with Crippen LogP contribution in [0.5, 0.6) is 5.75 Å². The molecule has 2 aromatic carbocycles. The highest BCUT2D eigenvalue weighted by molar-refractivity contribution is 6.02. The lowest BCUT2D eigenvalue weighted by Crippen LogP contribution is -2.24. The van der Waals surface area contributed by atoms with E-state index in [4.69, 9.17) is 16.2 Å². The molecular formula is C19H18FN3O2. The number of fused-ring (bicyclic) bond motifs is 1. The van der Waals surface area contributed by atoms with Gasteiger partial charge in [-0.25, -0.2) is 4.39 Å². The summed E-state index contributed by atoms with van der Waals surface area (Å²) in [5.74, 6) is -0.603. The Labute approximate surface area is 144 Å². The summed E-state index contributed by atoms with van der Waals surface area (Å²) in [6, 6.07) is 9.84. The maximum atomic E-state index is 14.4. The van der Waals surface area contributed by atoms with Crippen LogP contribution in [0.15, 0.2) is 47.5 Å². The summed E-state index contributed by atoms with van der Waals surface area (Å²) in [7, 11) is 1.53. The van der Waals surface area contributed by atoms with Crippen LogP contribution in [0, 0.1) is 5.82 Å². The van der Waals surface area contributed by atoms with Gasteiger partial charge in [0, 0.05) is 11.1 Å². The predicted octanol–water partition coefficient (Wildman–Crippen LogP) is 2.63. The van der Waals surface area contributed by atoms with E-state index in [-0.39, 0.29) is 11.8 Å². The summed E-state index contributed by atoms with van der Waals surface area (Å²) in [5, 5.41) is 0. The minimum atomic E-state index is -0.529. The first-order valence-electron chi connectivity index (χ1n) is 7.81. The number of rotatable bonds is 3. The number of methoxy groups -OCH3 is 1. The molecule has 6 heteroatoms. The second-order valence-electron chi connectivity index (χ2n) is 5.72. The highest BCUT2D eigenvalue weighted by atomic mass is 19.1. The number of nitrogens with zero attached hydrogens (tertiary/aromatic N) is 1. The Balaban J connectivity index is 2.10. The molecule has 0 fully saturated rings. The molecule has 4 N–H and O–H groups in total. The normalized spacial score (nSPS) is 12.8. The van der Waals surface area contributed by atoms with Crippen molar-refractivity contribution in [3.05, 3.63) is 70.5 Å². The topological polar surface area (TPSA) is 90.7 Å². The van der Waals surface area contributed by atoms with Crippen LogP contribution in [0.3, 0.4) is 0 Å². The van der Waals surface area contributed by atoms with Gasteiger partial charge < -0.3 is 16.2 Å².